The van der Waals surface area contributed by atoms with Crippen molar-refractivity contribution in [3.05, 3.63) is 47.2 Å². The molecule has 3 aromatic rings. The van der Waals surface area contributed by atoms with E-state index in [2.05, 4.69) is 52.5 Å². The van der Waals surface area contributed by atoms with Crippen molar-refractivity contribution in [2.45, 2.75) is 39.7 Å². The maximum atomic E-state index is 12.0. The summed E-state index contributed by atoms with van der Waals surface area (Å²) >= 11 is 0. The van der Waals surface area contributed by atoms with Crippen LogP contribution in [0, 0.1) is 6.92 Å². The SMILES string of the molecule is CCc1[nH]c2ccc(CNC(=O)CCc3nncn3C)cc2c1C. The van der Waals surface area contributed by atoms with Crippen LogP contribution in [-0.4, -0.2) is 25.7 Å². The van der Waals surface area contributed by atoms with Crippen molar-refractivity contribution in [1.29, 1.82) is 0 Å². The van der Waals surface area contributed by atoms with Gasteiger partial charge in [0.15, 0.2) is 0 Å². The molecule has 6 heteroatoms. The minimum Gasteiger partial charge on any atom is -0.358 e. The lowest BCUT2D eigenvalue weighted by molar-refractivity contribution is -0.121. The van der Waals surface area contributed by atoms with Crippen LogP contribution < -0.4 is 5.32 Å². The summed E-state index contributed by atoms with van der Waals surface area (Å²) in [7, 11) is 1.88. The van der Waals surface area contributed by atoms with E-state index >= 15 is 0 Å². The molecule has 0 aliphatic rings. The van der Waals surface area contributed by atoms with Crippen molar-refractivity contribution in [3.8, 4) is 0 Å². The van der Waals surface area contributed by atoms with Gasteiger partial charge in [-0.15, -0.1) is 10.2 Å². The molecule has 0 unspecified atom stereocenters. The molecule has 0 saturated heterocycles. The second-order valence-electron chi connectivity index (χ2n) is 6.10. The van der Waals surface area contributed by atoms with Gasteiger partial charge in [-0.05, 0) is 36.6 Å². The van der Waals surface area contributed by atoms with Gasteiger partial charge in [0.1, 0.15) is 12.2 Å². The van der Waals surface area contributed by atoms with Gasteiger partial charge >= 0.3 is 0 Å². The fraction of sp³-hybridized carbons (Fsp3) is 0.389. The predicted octanol–water partition coefficient (Wildman–Crippen LogP) is 2.42. The third kappa shape index (κ3) is 3.32. The Labute approximate surface area is 141 Å². The van der Waals surface area contributed by atoms with E-state index in [-0.39, 0.29) is 5.91 Å². The van der Waals surface area contributed by atoms with Crippen LogP contribution in [0.4, 0.5) is 0 Å². The van der Waals surface area contributed by atoms with E-state index in [9.17, 15) is 4.79 Å². The Balaban J connectivity index is 1.59. The van der Waals surface area contributed by atoms with Gasteiger partial charge in [0.25, 0.3) is 0 Å². The molecule has 3 rings (SSSR count). The van der Waals surface area contributed by atoms with Gasteiger partial charge in [0.05, 0.1) is 0 Å². The van der Waals surface area contributed by atoms with E-state index in [0.717, 1.165) is 23.3 Å². The zero-order chi connectivity index (χ0) is 17.1. The molecule has 24 heavy (non-hydrogen) atoms. The molecule has 1 amide bonds. The summed E-state index contributed by atoms with van der Waals surface area (Å²) in [6, 6.07) is 6.30. The predicted molar refractivity (Wildman–Crippen MR) is 93.6 cm³/mol. The van der Waals surface area contributed by atoms with Gasteiger partial charge in [-0.25, -0.2) is 0 Å². The van der Waals surface area contributed by atoms with Crippen LogP contribution in [0.15, 0.2) is 24.5 Å². The molecule has 0 aliphatic carbocycles. The highest BCUT2D eigenvalue weighted by atomic mass is 16.1. The normalized spacial score (nSPS) is 11.1. The average Bonchev–Trinajstić information content (AvgIpc) is 3.14. The number of carbonyl (C=O) groups is 1. The Kier molecular flexibility index (Phi) is 4.64. The highest BCUT2D eigenvalue weighted by Crippen LogP contribution is 2.23. The van der Waals surface area contributed by atoms with Crippen molar-refractivity contribution < 1.29 is 4.79 Å². The van der Waals surface area contributed by atoms with Crippen LogP contribution in [0.2, 0.25) is 0 Å². The average molecular weight is 325 g/mol. The van der Waals surface area contributed by atoms with E-state index < -0.39 is 0 Å². The molecule has 0 saturated carbocycles. The third-order valence-corrected chi connectivity index (χ3v) is 4.45. The quantitative estimate of drug-likeness (QED) is 0.731. The maximum absolute atomic E-state index is 12.0. The van der Waals surface area contributed by atoms with Gasteiger partial charge in [0, 0.05) is 43.0 Å². The van der Waals surface area contributed by atoms with E-state index in [0.29, 0.717) is 19.4 Å². The van der Waals surface area contributed by atoms with Crippen LogP contribution in [0.1, 0.15) is 36.0 Å². The first-order valence-electron chi connectivity index (χ1n) is 8.28. The van der Waals surface area contributed by atoms with Gasteiger partial charge < -0.3 is 14.9 Å². The molecule has 0 spiro atoms. The lowest BCUT2D eigenvalue weighted by Gasteiger charge is -2.06. The number of H-pyrrole nitrogens is 1. The topological polar surface area (TPSA) is 75.6 Å². The lowest BCUT2D eigenvalue weighted by atomic mass is 10.1. The summed E-state index contributed by atoms with van der Waals surface area (Å²) in [5.74, 6) is 0.847. The van der Waals surface area contributed by atoms with Crippen LogP contribution in [0.5, 0.6) is 0 Å². The van der Waals surface area contributed by atoms with Gasteiger partial charge in [-0.2, -0.15) is 0 Å². The zero-order valence-electron chi connectivity index (χ0n) is 14.4. The molecular formula is C18H23N5O. The van der Waals surface area contributed by atoms with Crippen molar-refractivity contribution >= 4 is 16.8 Å². The molecule has 0 fully saturated rings. The van der Waals surface area contributed by atoms with Crippen molar-refractivity contribution in [2.75, 3.05) is 0 Å². The highest BCUT2D eigenvalue weighted by molar-refractivity contribution is 5.85. The van der Waals surface area contributed by atoms with Crippen molar-refractivity contribution in [2.24, 2.45) is 7.05 Å². The van der Waals surface area contributed by atoms with Crippen LogP contribution in [0.3, 0.4) is 0 Å². The molecule has 6 nitrogen and oxygen atoms in total. The van der Waals surface area contributed by atoms with Crippen LogP contribution in [-0.2, 0) is 31.2 Å². The van der Waals surface area contributed by atoms with Gasteiger partial charge in [0.2, 0.25) is 5.91 Å². The molecule has 126 valence electrons. The monoisotopic (exact) mass is 325 g/mol. The Hall–Kier alpha value is -2.63. The smallest absolute Gasteiger partial charge is 0.220 e. The molecule has 0 bridgehead atoms. The molecular weight excluding hydrogens is 302 g/mol. The second-order valence-corrected chi connectivity index (χ2v) is 6.10. The first kappa shape index (κ1) is 16.2. The molecule has 2 N–H and O–H groups in total. The van der Waals surface area contributed by atoms with Gasteiger partial charge in [-0.1, -0.05) is 13.0 Å². The van der Waals surface area contributed by atoms with Crippen LogP contribution >= 0.6 is 0 Å². The zero-order valence-corrected chi connectivity index (χ0v) is 14.4. The molecule has 0 radical (unpaired) electrons. The molecule has 2 aromatic heterocycles. The minimum absolute atomic E-state index is 0.0261. The van der Waals surface area contributed by atoms with E-state index in [4.69, 9.17) is 0 Å². The fourth-order valence-electron chi connectivity index (χ4n) is 2.94. The maximum Gasteiger partial charge on any atom is 0.220 e. The number of nitrogens with zero attached hydrogens (tertiary/aromatic N) is 3. The summed E-state index contributed by atoms with van der Waals surface area (Å²) in [6.45, 7) is 4.83. The Morgan fingerprint density at radius 3 is 2.92 bits per heavy atom. The number of aromatic nitrogens is 4. The Bertz CT molecular complexity index is 862. The third-order valence-electron chi connectivity index (χ3n) is 4.45. The van der Waals surface area contributed by atoms with E-state index in [1.54, 1.807) is 6.33 Å². The van der Waals surface area contributed by atoms with E-state index in [1.807, 2.05) is 11.6 Å². The summed E-state index contributed by atoms with van der Waals surface area (Å²) in [4.78, 5) is 15.5. The summed E-state index contributed by atoms with van der Waals surface area (Å²) in [5.41, 5.74) is 4.83. The standard InChI is InChI=1S/C18H23N5O/c1-4-15-12(2)14-9-13(5-6-16(14)21-15)10-19-18(24)8-7-17-22-20-11-23(17)3/h5-6,9,11,21H,4,7-8,10H2,1-3H3,(H,19,24). The Morgan fingerprint density at radius 1 is 1.38 bits per heavy atom. The number of hydrogen-bond acceptors (Lipinski definition) is 3. The number of aryl methyl sites for hydroxylation is 4. The number of fused-ring (bicyclic) bond motifs is 1. The molecule has 2 heterocycles. The largest absolute Gasteiger partial charge is 0.358 e. The number of amides is 1. The minimum atomic E-state index is 0.0261. The van der Waals surface area contributed by atoms with Crippen molar-refractivity contribution in [3.63, 3.8) is 0 Å². The highest BCUT2D eigenvalue weighted by Gasteiger charge is 2.09. The number of aromatic amines is 1. The molecule has 0 aliphatic heterocycles. The number of hydrogen-bond donors (Lipinski definition) is 2. The number of carbonyl (C=O) groups excluding carboxylic acids is 1. The van der Waals surface area contributed by atoms with Gasteiger partial charge in [-0.3, -0.25) is 4.79 Å². The van der Waals surface area contributed by atoms with Crippen LogP contribution in [0.25, 0.3) is 10.9 Å². The second kappa shape index (κ2) is 6.86. The molecule has 1 aromatic carbocycles. The Morgan fingerprint density at radius 2 is 2.21 bits per heavy atom. The fourth-order valence-corrected chi connectivity index (χ4v) is 2.94. The number of benzene rings is 1. The number of nitrogens with one attached hydrogen (secondary N) is 2. The summed E-state index contributed by atoms with van der Waals surface area (Å²) in [5, 5.41) is 12.0. The number of rotatable bonds is 6. The summed E-state index contributed by atoms with van der Waals surface area (Å²) in [6.07, 6.45) is 3.65. The summed E-state index contributed by atoms with van der Waals surface area (Å²) < 4.78 is 1.83. The first-order valence-corrected chi connectivity index (χ1v) is 8.28. The first-order chi connectivity index (χ1) is 11.6. The lowest BCUT2D eigenvalue weighted by Crippen LogP contribution is -2.23. The molecule has 0 atom stereocenters. The van der Waals surface area contributed by atoms with E-state index in [1.165, 1.54) is 16.6 Å². The van der Waals surface area contributed by atoms with Crippen molar-refractivity contribution in [1.82, 2.24) is 25.1 Å².